The van der Waals surface area contributed by atoms with Crippen LogP contribution in [0.2, 0.25) is 0 Å². The molecule has 0 unspecified atom stereocenters. The molecule has 0 radical (unpaired) electrons. The van der Waals surface area contributed by atoms with E-state index in [9.17, 15) is 4.39 Å². The van der Waals surface area contributed by atoms with Gasteiger partial charge in [-0.1, -0.05) is 5.16 Å². The quantitative estimate of drug-likeness (QED) is 0.878. The summed E-state index contributed by atoms with van der Waals surface area (Å²) in [6, 6.07) is 3.12. The summed E-state index contributed by atoms with van der Waals surface area (Å²) in [7, 11) is 1.51. The molecule has 0 saturated heterocycles. The molecule has 0 saturated carbocycles. The van der Waals surface area contributed by atoms with E-state index >= 15 is 0 Å². The highest BCUT2D eigenvalue weighted by Gasteiger charge is 2.15. The minimum atomic E-state index is -0.393. The lowest BCUT2D eigenvalue weighted by Gasteiger charge is -2.05. The van der Waals surface area contributed by atoms with Crippen LogP contribution >= 0.6 is 0 Å². The molecular formula is C11H12FN3O2. The second-order valence-corrected chi connectivity index (χ2v) is 3.52. The highest BCUT2D eigenvalue weighted by atomic mass is 19.1. The molecule has 0 atom stereocenters. The van der Waals surface area contributed by atoms with Crippen molar-refractivity contribution in [1.29, 1.82) is 0 Å². The Morgan fingerprint density at radius 2 is 2.24 bits per heavy atom. The SMILES string of the molecule is COc1cc(C)c(F)c(-c2noc(CN)n2)c1. The summed E-state index contributed by atoms with van der Waals surface area (Å²) < 4.78 is 23.8. The zero-order valence-electron chi connectivity index (χ0n) is 9.53. The molecule has 1 aromatic carbocycles. The van der Waals surface area contributed by atoms with Crippen molar-refractivity contribution in [2.24, 2.45) is 5.73 Å². The van der Waals surface area contributed by atoms with Gasteiger partial charge in [-0.15, -0.1) is 0 Å². The van der Waals surface area contributed by atoms with Gasteiger partial charge in [0.2, 0.25) is 11.7 Å². The second-order valence-electron chi connectivity index (χ2n) is 3.52. The summed E-state index contributed by atoms with van der Waals surface area (Å²) >= 11 is 0. The van der Waals surface area contributed by atoms with E-state index in [0.29, 0.717) is 11.3 Å². The third-order valence-electron chi connectivity index (χ3n) is 2.35. The Morgan fingerprint density at radius 3 is 2.82 bits per heavy atom. The van der Waals surface area contributed by atoms with Crippen LogP contribution < -0.4 is 10.5 Å². The zero-order valence-corrected chi connectivity index (χ0v) is 9.53. The molecule has 6 heteroatoms. The van der Waals surface area contributed by atoms with E-state index in [1.54, 1.807) is 13.0 Å². The minimum absolute atomic E-state index is 0.123. The molecule has 2 rings (SSSR count). The van der Waals surface area contributed by atoms with Gasteiger partial charge in [0, 0.05) is 0 Å². The number of nitrogens with two attached hydrogens (primary N) is 1. The number of benzene rings is 1. The molecule has 0 bridgehead atoms. The summed E-state index contributed by atoms with van der Waals surface area (Å²) in [6.45, 7) is 1.77. The Hall–Kier alpha value is -1.95. The molecule has 5 nitrogen and oxygen atoms in total. The summed E-state index contributed by atoms with van der Waals surface area (Å²) in [5.41, 5.74) is 6.05. The van der Waals surface area contributed by atoms with E-state index in [1.165, 1.54) is 13.2 Å². The Bertz CT molecular complexity index is 540. The van der Waals surface area contributed by atoms with E-state index < -0.39 is 5.82 Å². The normalized spacial score (nSPS) is 10.6. The van der Waals surface area contributed by atoms with Gasteiger partial charge in [-0.25, -0.2) is 4.39 Å². The topological polar surface area (TPSA) is 74.2 Å². The van der Waals surface area contributed by atoms with Gasteiger partial charge in [0.05, 0.1) is 19.2 Å². The maximum absolute atomic E-state index is 13.9. The number of nitrogens with zero attached hydrogens (tertiary/aromatic N) is 2. The van der Waals surface area contributed by atoms with Gasteiger partial charge in [-0.05, 0) is 24.6 Å². The number of aromatic nitrogens is 2. The van der Waals surface area contributed by atoms with Gasteiger partial charge in [0.15, 0.2) is 0 Å². The smallest absolute Gasteiger partial charge is 0.240 e. The predicted molar refractivity (Wildman–Crippen MR) is 58.9 cm³/mol. The fourth-order valence-corrected chi connectivity index (χ4v) is 1.46. The fourth-order valence-electron chi connectivity index (χ4n) is 1.46. The van der Waals surface area contributed by atoms with Gasteiger partial charge >= 0.3 is 0 Å². The molecule has 2 N–H and O–H groups in total. The van der Waals surface area contributed by atoms with Crippen LogP contribution in [0, 0.1) is 12.7 Å². The largest absolute Gasteiger partial charge is 0.497 e. The predicted octanol–water partition coefficient (Wildman–Crippen LogP) is 1.65. The first-order valence-electron chi connectivity index (χ1n) is 5.03. The molecule has 2 aromatic rings. The summed E-state index contributed by atoms with van der Waals surface area (Å²) in [4.78, 5) is 3.98. The van der Waals surface area contributed by atoms with Gasteiger partial charge in [-0.3, -0.25) is 0 Å². The number of rotatable bonds is 3. The lowest BCUT2D eigenvalue weighted by atomic mass is 10.1. The molecule has 0 fully saturated rings. The van der Waals surface area contributed by atoms with Crippen molar-refractivity contribution in [3.05, 3.63) is 29.4 Å². The van der Waals surface area contributed by atoms with E-state index in [2.05, 4.69) is 10.1 Å². The van der Waals surface area contributed by atoms with E-state index in [-0.39, 0.29) is 23.8 Å². The van der Waals surface area contributed by atoms with Gasteiger partial charge in [0.1, 0.15) is 11.6 Å². The summed E-state index contributed by atoms with van der Waals surface area (Å²) in [6.07, 6.45) is 0. The highest BCUT2D eigenvalue weighted by molar-refractivity contribution is 5.59. The monoisotopic (exact) mass is 237 g/mol. The summed E-state index contributed by atoms with van der Waals surface area (Å²) in [5, 5.41) is 3.67. The molecule has 90 valence electrons. The standard InChI is InChI=1S/C11H12FN3O2/c1-6-3-7(16-2)4-8(10(6)12)11-14-9(5-13)17-15-11/h3-4H,5,13H2,1-2H3. The summed E-state index contributed by atoms with van der Waals surface area (Å²) in [5.74, 6) is 0.581. The Kier molecular flexibility index (Phi) is 3.06. The van der Waals surface area contributed by atoms with Crippen LogP contribution in [0.3, 0.4) is 0 Å². The Balaban J connectivity index is 2.53. The second kappa shape index (κ2) is 4.50. The molecule has 1 heterocycles. The lowest BCUT2D eigenvalue weighted by molar-refractivity contribution is 0.380. The van der Waals surface area contributed by atoms with Gasteiger partial charge < -0.3 is 15.0 Å². The van der Waals surface area contributed by atoms with Crippen LogP contribution in [-0.4, -0.2) is 17.3 Å². The minimum Gasteiger partial charge on any atom is -0.497 e. The first-order chi connectivity index (χ1) is 8.15. The first kappa shape index (κ1) is 11.5. The van der Waals surface area contributed by atoms with Crippen molar-refractivity contribution in [3.63, 3.8) is 0 Å². The van der Waals surface area contributed by atoms with Crippen molar-refractivity contribution in [3.8, 4) is 17.1 Å². The van der Waals surface area contributed by atoms with Crippen molar-refractivity contribution < 1.29 is 13.7 Å². The van der Waals surface area contributed by atoms with E-state index in [4.69, 9.17) is 15.0 Å². The third-order valence-corrected chi connectivity index (χ3v) is 2.35. The molecule has 0 amide bonds. The first-order valence-corrected chi connectivity index (χ1v) is 5.03. The van der Waals surface area contributed by atoms with Gasteiger partial charge in [0.25, 0.3) is 0 Å². The molecule has 0 aliphatic carbocycles. The van der Waals surface area contributed by atoms with E-state index in [0.717, 1.165) is 0 Å². The average molecular weight is 237 g/mol. The maximum atomic E-state index is 13.9. The zero-order chi connectivity index (χ0) is 12.4. The number of aryl methyl sites for hydroxylation is 1. The van der Waals surface area contributed by atoms with Crippen molar-refractivity contribution in [2.75, 3.05) is 7.11 Å². The van der Waals surface area contributed by atoms with Crippen LogP contribution in [0.15, 0.2) is 16.7 Å². The molecular weight excluding hydrogens is 225 g/mol. The third kappa shape index (κ3) is 2.12. The molecule has 0 aliphatic heterocycles. The number of hydrogen-bond donors (Lipinski definition) is 1. The average Bonchev–Trinajstić information content (AvgIpc) is 2.81. The lowest BCUT2D eigenvalue weighted by Crippen LogP contribution is -1.97. The van der Waals surface area contributed by atoms with Crippen LogP contribution in [0.25, 0.3) is 11.4 Å². The van der Waals surface area contributed by atoms with Crippen molar-refractivity contribution >= 4 is 0 Å². The molecule has 0 spiro atoms. The van der Waals surface area contributed by atoms with Crippen LogP contribution in [-0.2, 0) is 6.54 Å². The molecule has 1 aromatic heterocycles. The molecule has 17 heavy (non-hydrogen) atoms. The maximum Gasteiger partial charge on any atom is 0.240 e. The highest BCUT2D eigenvalue weighted by Crippen LogP contribution is 2.27. The van der Waals surface area contributed by atoms with Crippen molar-refractivity contribution in [2.45, 2.75) is 13.5 Å². The number of hydrogen-bond acceptors (Lipinski definition) is 5. The number of halogens is 1. The Labute approximate surface area is 97.4 Å². The molecule has 0 aliphatic rings. The van der Waals surface area contributed by atoms with Gasteiger partial charge in [-0.2, -0.15) is 4.98 Å². The number of methoxy groups -OCH3 is 1. The fraction of sp³-hybridized carbons (Fsp3) is 0.273. The number of ether oxygens (including phenoxy) is 1. The van der Waals surface area contributed by atoms with Crippen molar-refractivity contribution in [1.82, 2.24) is 10.1 Å². The van der Waals surface area contributed by atoms with Crippen LogP contribution in [0.4, 0.5) is 4.39 Å². The van der Waals surface area contributed by atoms with Crippen LogP contribution in [0.5, 0.6) is 5.75 Å². The van der Waals surface area contributed by atoms with E-state index in [1.807, 2.05) is 0 Å². The Morgan fingerprint density at radius 1 is 1.47 bits per heavy atom. The van der Waals surface area contributed by atoms with Crippen LogP contribution in [0.1, 0.15) is 11.5 Å².